The van der Waals surface area contributed by atoms with Crippen LogP contribution in [0, 0.1) is 0 Å². The van der Waals surface area contributed by atoms with Gasteiger partial charge in [0, 0.05) is 0 Å². The summed E-state index contributed by atoms with van der Waals surface area (Å²) in [5.74, 6) is -3.83. The van der Waals surface area contributed by atoms with Crippen LogP contribution in [0.4, 0.5) is 0 Å². The number of aliphatic carboxylic acids is 1. The highest BCUT2D eigenvalue weighted by atomic mass is 16.4. The lowest BCUT2D eigenvalue weighted by atomic mass is 10.1. The third-order valence-corrected chi connectivity index (χ3v) is 3.27. The number of hydrogen-bond donors (Lipinski definition) is 7. The summed E-state index contributed by atoms with van der Waals surface area (Å²) in [7, 11) is 0. The number of carbonyl (C=O) groups excluding carboxylic acids is 3. The molecule has 144 valence electrons. The lowest BCUT2D eigenvalue weighted by Crippen LogP contribution is -2.60. The monoisotopic (exact) mass is 362 g/mol. The van der Waals surface area contributed by atoms with Crippen LogP contribution in [0.25, 0.3) is 0 Å². The predicted molar refractivity (Wildman–Crippen MR) is 86.1 cm³/mol. The van der Waals surface area contributed by atoms with Crippen LogP contribution in [0.2, 0.25) is 0 Å². The summed E-state index contributed by atoms with van der Waals surface area (Å²) in [5.41, 5.74) is 5.37. The number of carboxylic acid groups (broad SMARTS) is 1. The second-order valence-electron chi connectivity index (χ2n) is 5.81. The fourth-order valence-electron chi connectivity index (χ4n) is 1.73. The van der Waals surface area contributed by atoms with E-state index in [0.717, 1.165) is 0 Å². The quantitative estimate of drug-likeness (QED) is 0.221. The van der Waals surface area contributed by atoms with Crippen LogP contribution in [0.3, 0.4) is 0 Å². The van der Waals surface area contributed by atoms with E-state index < -0.39 is 60.1 Å². The van der Waals surface area contributed by atoms with Crippen LogP contribution < -0.4 is 21.7 Å². The Kier molecular flexibility index (Phi) is 9.02. The molecule has 8 N–H and O–H groups in total. The predicted octanol–water partition coefficient (Wildman–Crippen LogP) is -3.35. The van der Waals surface area contributed by atoms with Gasteiger partial charge in [0.2, 0.25) is 17.7 Å². The molecule has 0 aliphatic heterocycles. The molecule has 0 aliphatic rings. The first-order chi connectivity index (χ1) is 11.4. The molecule has 6 unspecified atom stereocenters. The van der Waals surface area contributed by atoms with E-state index in [0.29, 0.717) is 0 Å². The van der Waals surface area contributed by atoms with Gasteiger partial charge in [-0.05, 0) is 27.7 Å². The highest BCUT2D eigenvalue weighted by Crippen LogP contribution is 1.99. The molecular formula is C14H26N4O7. The van der Waals surface area contributed by atoms with Crippen LogP contribution in [0.15, 0.2) is 0 Å². The van der Waals surface area contributed by atoms with Crippen molar-refractivity contribution in [3.63, 3.8) is 0 Å². The van der Waals surface area contributed by atoms with Gasteiger partial charge >= 0.3 is 5.97 Å². The number of carboxylic acids is 1. The van der Waals surface area contributed by atoms with Gasteiger partial charge in [0.15, 0.2) is 6.04 Å². The summed E-state index contributed by atoms with van der Waals surface area (Å²) in [5, 5.41) is 34.6. The van der Waals surface area contributed by atoms with Crippen molar-refractivity contribution in [2.75, 3.05) is 0 Å². The van der Waals surface area contributed by atoms with Crippen molar-refractivity contribution >= 4 is 23.7 Å². The molecule has 0 fully saturated rings. The van der Waals surface area contributed by atoms with Gasteiger partial charge in [-0.1, -0.05) is 0 Å². The van der Waals surface area contributed by atoms with Gasteiger partial charge in [-0.3, -0.25) is 14.4 Å². The summed E-state index contributed by atoms with van der Waals surface area (Å²) in [6.07, 6.45) is -2.75. The lowest BCUT2D eigenvalue weighted by Gasteiger charge is -2.25. The minimum Gasteiger partial charge on any atom is -0.480 e. The molecule has 0 spiro atoms. The SMILES string of the molecule is CC(N)C(=O)NC(C)C(=O)NC(C(=O)NC(C(=O)O)C(C)O)C(C)O. The molecule has 6 atom stereocenters. The molecule has 0 bridgehead atoms. The lowest BCUT2D eigenvalue weighted by molar-refractivity contribution is -0.146. The fourth-order valence-corrected chi connectivity index (χ4v) is 1.73. The zero-order chi connectivity index (χ0) is 19.9. The Morgan fingerprint density at radius 3 is 1.56 bits per heavy atom. The van der Waals surface area contributed by atoms with E-state index in [1.807, 2.05) is 5.32 Å². The molecular weight excluding hydrogens is 336 g/mol. The molecule has 11 nitrogen and oxygen atoms in total. The van der Waals surface area contributed by atoms with Crippen molar-refractivity contribution < 1.29 is 34.5 Å². The molecule has 0 aliphatic carbocycles. The first-order valence-corrected chi connectivity index (χ1v) is 7.64. The standard InChI is InChI=1S/C14H26N4O7/c1-5(15)11(21)16-6(2)12(22)17-9(7(3)19)13(23)18-10(8(4)20)14(24)25/h5-10,19-20H,15H2,1-4H3,(H,16,21)(H,17,22)(H,18,23)(H,24,25). The van der Waals surface area contributed by atoms with Gasteiger partial charge in [-0.2, -0.15) is 0 Å². The summed E-state index contributed by atoms with van der Waals surface area (Å²) >= 11 is 0. The third-order valence-electron chi connectivity index (χ3n) is 3.27. The Morgan fingerprint density at radius 1 is 0.760 bits per heavy atom. The zero-order valence-corrected chi connectivity index (χ0v) is 14.5. The smallest absolute Gasteiger partial charge is 0.328 e. The average Bonchev–Trinajstić information content (AvgIpc) is 2.48. The highest BCUT2D eigenvalue weighted by molar-refractivity contribution is 5.94. The van der Waals surface area contributed by atoms with Crippen molar-refractivity contribution in [3.05, 3.63) is 0 Å². The molecule has 0 radical (unpaired) electrons. The van der Waals surface area contributed by atoms with E-state index in [4.69, 9.17) is 10.8 Å². The van der Waals surface area contributed by atoms with Gasteiger partial charge in [0.25, 0.3) is 0 Å². The van der Waals surface area contributed by atoms with Crippen LogP contribution in [-0.2, 0) is 19.2 Å². The Hall–Kier alpha value is -2.24. The number of amides is 3. The number of aliphatic hydroxyl groups is 2. The molecule has 0 heterocycles. The highest BCUT2D eigenvalue weighted by Gasteiger charge is 2.32. The van der Waals surface area contributed by atoms with Gasteiger partial charge in [-0.15, -0.1) is 0 Å². The van der Waals surface area contributed by atoms with E-state index in [1.165, 1.54) is 27.7 Å². The first kappa shape index (κ1) is 22.8. The maximum atomic E-state index is 12.1. The largest absolute Gasteiger partial charge is 0.480 e. The van der Waals surface area contributed by atoms with Crippen LogP contribution in [0.1, 0.15) is 27.7 Å². The molecule has 0 aromatic heterocycles. The van der Waals surface area contributed by atoms with Gasteiger partial charge in [-0.25, -0.2) is 4.79 Å². The third kappa shape index (κ3) is 7.45. The molecule has 0 saturated heterocycles. The van der Waals surface area contributed by atoms with E-state index in [-0.39, 0.29) is 0 Å². The Labute approximate surface area is 145 Å². The molecule has 0 aromatic rings. The molecule has 0 aromatic carbocycles. The maximum absolute atomic E-state index is 12.1. The van der Waals surface area contributed by atoms with E-state index in [9.17, 15) is 29.4 Å². The number of hydrogen-bond acceptors (Lipinski definition) is 7. The first-order valence-electron chi connectivity index (χ1n) is 7.64. The molecule has 0 saturated carbocycles. The minimum absolute atomic E-state index is 0.583. The van der Waals surface area contributed by atoms with E-state index >= 15 is 0 Å². The van der Waals surface area contributed by atoms with Crippen molar-refractivity contribution in [1.29, 1.82) is 0 Å². The minimum atomic E-state index is -1.61. The van der Waals surface area contributed by atoms with Crippen LogP contribution in [0.5, 0.6) is 0 Å². The summed E-state index contributed by atoms with van der Waals surface area (Å²) in [6, 6.07) is -4.98. The zero-order valence-electron chi connectivity index (χ0n) is 14.5. The van der Waals surface area contributed by atoms with E-state index in [1.54, 1.807) is 0 Å². The van der Waals surface area contributed by atoms with E-state index in [2.05, 4.69) is 10.6 Å². The average molecular weight is 362 g/mol. The number of aliphatic hydroxyl groups excluding tert-OH is 2. The number of nitrogens with one attached hydrogen (secondary N) is 3. The van der Waals surface area contributed by atoms with Crippen LogP contribution in [-0.4, -0.2) is 75.4 Å². The molecule has 0 rings (SSSR count). The summed E-state index contributed by atoms with van der Waals surface area (Å²) in [4.78, 5) is 46.6. The molecule has 11 heteroatoms. The van der Waals surface area contributed by atoms with Gasteiger partial charge in [0.05, 0.1) is 18.2 Å². The number of rotatable bonds is 9. The maximum Gasteiger partial charge on any atom is 0.328 e. The Balaban J connectivity index is 5.00. The normalized spacial score (nSPS) is 18.0. The molecule has 3 amide bonds. The van der Waals surface area contributed by atoms with Crippen molar-refractivity contribution in [3.8, 4) is 0 Å². The second-order valence-corrected chi connectivity index (χ2v) is 5.81. The number of carbonyl (C=O) groups is 4. The second kappa shape index (κ2) is 9.91. The van der Waals surface area contributed by atoms with Gasteiger partial charge < -0.3 is 37.0 Å². The van der Waals surface area contributed by atoms with Crippen LogP contribution >= 0.6 is 0 Å². The van der Waals surface area contributed by atoms with Crippen molar-refractivity contribution in [2.24, 2.45) is 5.73 Å². The summed E-state index contributed by atoms with van der Waals surface area (Å²) in [6.45, 7) is 5.16. The molecule has 25 heavy (non-hydrogen) atoms. The van der Waals surface area contributed by atoms with Crippen molar-refractivity contribution in [1.82, 2.24) is 16.0 Å². The Morgan fingerprint density at radius 2 is 1.20 bits per heavy atom. The fraction of sp³-hybridized carbons (Fsp3) is 0.714. The Bertz CT molecular complexity index is 507. The number of nitrogens with two attached hydrogens (primary N) is 1. The van der Waals surface area contributed by atoms with Gasteiger partial charge in [0.1, 0.15) is 12.1 Å². The topological polar surface area (TPSA) is 191 Å². The summed E-state index contributed by atoms with van der Waals surface area (Å²) < 4.78 is 0. The van der Waals surface area contributed by atoms with Crippen molar-refractivity contribution in [2.45, 2.75) is 64.1 Å².